The topological polar surface area (TPSA) is 221 Å². The summed E-state index contributed by atoms with van der Waals surface area (Å²) in [7, 11) is -7.57. The number of benzene rings is 2. The van der Waals surface area contributed by atoms with Gasteiger partial charge in [-0.3, -0.25) is 9.59 Å². The Bertz CT molecular complexity index is 1820. The number of H-pyrrole nitrogens is 1. The average molecular weight is 572 g/mol. The lowest BCUT2D eigenvalue weighted by Gasteiger charge is -2.12. The predicted octanol–water partition coefficient (Wildman–Crippen LogP) is 0.696. The molecule has 0 unspecified atom stereocenters. The van der Waals surface area contributed by atoms with Crippen LogP contribution in [0.5, 0.6) is 0 Å². The number of sulfonamides is 2. The highest BCUT2D eigenvalue weighted by atomic mass is 32.2. The molecular formula is C24H21N5O8S2. The van der Waals surface area contributed by atoms with E-state index in [4.69, 9.17) is 15.0 Å². The second-order valence-electron chi connectivity index (χ2n) is 8.83. The van der Waals surface area contributed by atoms with E-state index in [2.05, 4.69) is 15.6 Å². The van der Waals surface area contributed by atoms with Crippen molar-refractivity contribution in [2.24, 2.45) is 10.3 Å². The van der Waals surface area contributed by atoms with Gasteiger partial charge in [0.2, 0.25) is 26.0 Å². The van der Waals surface area contributed by atoms with E-state index in [9.17, 15) is 31.2 Å². The second kappa shape index (κ2) is 9.46. The number of aromatic nitrogens is 1. The molecule has 2 amide bonds. The molecule has 0 saturated heterocycles. The molecule has 0 aliphatic carbocycles. The fourth-order valence-corrected chi connectivity index (χ4v) is 5.49. The third kappa shape index (κ3) is 5.20. The van der Waals surface area contributed by atoms with Gasteiger partial charge in [-0.15, -0.1) is 0 Å². The minimum absolute atomic E-state index is 0.0350. The molecule has 13 nitrogen and oxygen atoms in total. The lowest BCUT2D eigenvalue weighted by Crippen LogP contribution is -2.16. The lowest BCUT2D eigenvalue weighted by molar-refractivity contribution is -0.115. The van der Waals surface area contributed by atoms with E-state index < -0.39 is 26.0 Å². The molecule has 15 heteroatoms. The van der Waals surface area contributed by atoms with E-state index >= 15 is 0 Å². The number of anilines is 2. The van der Waals surface area contributed by atoms with E-state index in [0.717, 1.165) is 5.56 Å². The highest BCUT2D eigenvalue weighted by Crippen LogP contribution is 2.35. The molecule has 1 aromatic heterocycles. The molecule has 3 aromatic rings. The Morgan fingerprint density at radius 2 is 1.51 bits per heavy atom. The maximum absolute atomic E-state index is 12.3. The van der Waals surface area contributed by atoms with Gasteiger partial charge in [-0.05, 0) is 53.6 Å². The van der Waals surface area contributed by atoms with E-state index in [-0.39, 0.29) is 34.6 Å². The minimum Gasteiger partial charge on any atom is -0.462 e. The quantitative estimate of drug-likeness (QED) is 0.222. The van der Waals surface area contributed by atoms with Gasteiger partial charge in [0.1, 0.15) is 0 Å². The standard InChI is InChI=1S/C16H13N3O5S.C8H8N2O3S/c17-25(22,23)8-1-2-13-10(5-8)11(15(20)19-13)6-14-9-3-4-24-16(21)12(9)7-18-14;9-14(12,13)6-1-2-7-5(3-6)4-8(11)10-7/h1-2,5-7,18H,3-4H2,(H,19,20)(H2,17,22,23);1-3H,4H2,(H,10,11)(H2,9,12,13). The van der Waals surface area contributed by atoms with Gasteiger partial charge in [0.15, 0.2) is 0 Å². The van der Waals surface area contributed by atoms with Crippen molar-refractivity contribution in [3.05, 3.63) is 70.5 Å². The number of hydrogen-bond acceptors (Lipinski definition) is 8. The van der Waals surface area contributed by atoms with Crippen LogP contribution in [0.3, 0.4) is 0 Å². The van der Waals surface area contributed by atoms with E-state index in [1.165, 1.54) is 36.5 Å². The number of fused-ring (bicyclic) bond motifs is 3. The van der Waals surface area contributed by atoms with Crippen LogP contribution >= 0.6 is 0 Å². The van der Waals surface area contributed by atoms with Crippen molar-refractivity contribution in [1.82, 2.24) is 4.98 Å². The molecule has 7 N–H and O–H groups in total. The third-order valence-electron chi connectivity index (χ3n) is 6.25. The fraction of sp³-hybridized carbons (Fsp3) is 0.125. The fourth-order valence-electron chi connectivity index (χ4n) is 4.39. The number of amides is 2. The van der Waals surface area contributed by atoms with Gasteiger partial charge in [0.05, 0.1) is 34.0 Å². The first-order chi connectivity index (χ1) is 18.3. The van der Waals surface area contributed by atoms with Crippen LogP contribution in [0.25, 0.3) is 11.6 Å². The molecule has 0 radical (unpaired) electrons. The molecule has 6 rings (SSSR count). The molecule has 3 aliphatic rings. The van der Waals surface area contributed by atoms with Gasteiger partial charge in [-0.2, -0.15) is 0 Å². The maximum atomic E-state index is 12.3. The molecule has 0 spiro atoms. The van der Waals surface area contributed by atoms with Crippen LogP contribution in [0.4, 0.5) is 11.4 Å². The van der Waals surface area contributed by atoms with Crippen LogP contribution in [0.2, 0.25) is 0 Å². The van der Waals surface area contributed by atoms with Crippen molar-refractivity contribution >= 4 is 60.9 Å². The Balaban J connectivity index is 0.000000186. The number of cyclic esters (lactones) is 1. The van der Waals surface area contributed by atoms with Crippen LogP contribution < -0.4 is 20.9 Å². The van der Waals surface area contributed by atoms with Gasteiger partial charge in [0, 0.05) is 35.2 Å². The van der Waals surface area contributed by atoms with E-state index in [1.807, 2.05) is 0 Å². The number of primary sulfonamides is 2. The van der Waals surface area contributed by atoms with Crippen LogP contribution in [0, 0.1) is 0 Å². The summed E-state index contributed by atoms with van der Waals surface area (Å²) in [6.45, 7) is 0.276. The van der Waals surface area contributed by atoms with Crippen molar-refractivity contribution in [3.8, 4) is 0 Å². The number of hydrogen-bond donors (Lipinski definition) is 5. The molecule has 39 heavy (non-hydrogen) atoms. The zero-order chi connectivity index (χ0) is 28.1. The molecule has 4 heterocycles. The minimum atomic E-state index is -3.88. The molecular weight excluding hydrogens is 550 g/mol. The summed E-state index contributed by atoms with van der Waals surface area (Å²) in [4.78, 5) is 37.9. The number of nitrogens with one attached hydrogen (secondary N) is 3. The molecule has 0 saturated carbocycles. The van der Waals surface area contributed by atoms with Crippen LogP contribution in [0.1, 0.15) is 32.7 Å². The molecule has 0 atom stereocenters. The monoisotopic (exact) mass is 571 g/mol. The van der Waals surface area contributed by atoms with Crippen LogP contribution in [0.15, 0.2) is 52.4 Å². The first-order valence-corrected chi connectivity index (χ1v) is 14.4. The first kappa shape index (κ1) is 26.3. The smallest absolute Gasteiger partial charge is 0.339 e. The second-order valence-corrected chi connectivity index (χ2v) is 12.0. The summed E-state index contributed by atoms with van der Waals surface area (Å²) in [6, 6.07) is 8.53. The number of ether oxygens (including phenoxy) is 1. The van der Waals surface area contributed by atoms with Crippen molar-refractivity contribution in [2.75, 3.05) is 17.2 Å². The van der Waals surface area contributed by atoms with Gasteiger partial charge in [0.25, 0.3) is 5.91 Å². The SMILES string of the molecule is NS(=O)(=O)c1ccc2c(c1)C(=Cc1[nH]cc3c1CCOC3=O)C(=O)N2.NS(=O)(=O)c1ccc2c(c1)CC(=O)N2. The number of esters is 1. The zero-order valence-electron chi connectivity index (χ0n) is 20.0. The van der Waals surface area contributed by atoms with Crippen LogP contribution in [-0.4, -0.2) is 46.2 Å². The number of carbonyl (C=O) groups excluding carboxylic acids is 3. The highest BCUT2D eigenvalue weighted by Gasteiger charge is 2.28. The predicted molar refractivity (Wildman–Crippen MR) is 139 cm³/mol. The van der Waals surface area contributed by atoms with Crippen molar-refractivity contribution in [1.29, 1.82) is 0 Å². The summed E-state index contributed by atoms with van der Waals surface area (Å²) in [6.07, 6.45) is 3.89. The zero-order valence-corrected chi connectivity index (χ0v) is 21.6. The number of nitrogens with two attached hydrogens (primary N) is 2. The number of rotatable bonds is 3. The molecule has 0 bridgehead atoms. The van der Waals surface area contributed by atoms with Gasteiger partial charge < -0.3 is 20.4 Å². The average Bonchev–Trinajstić information content (AvgIpc) is 3.53. The third-order valence-corrected chi connectivity index (χ3v) is 8.07. The summed E-state index contributed by atoms with van der Waals surface area (Å²) < 4.78 is 50.1. The van der Waals surface area contributed by atoms with Gasteiger partial charge in [-0.25, -0.2) is 31.9 Å². The van der Waals surface area contributed by atoms with Gasteiger partial charge in [-0.1, -0.05) is 0 Å². The summed E-state index contributed by atoms with van der Waals surface area (Å²) in [5, 5.41) is 15.4. The summed E-state index contributed by atoms with van der Waals surface area (Å²) in [5.41, 5.74) is 4.39. The van der Waals surface area contributed by atoms with Crippen molar-refractivity contribution in [2.45, 2.75) is 22.6 Å². The van der Waals surface area contributed by atoms with Crippen molar-refractivity contribution < 1.29 is 36.0 Å². The Morgan fingerprint density at radius 1 is 0.846 bits per heavy atom. The largest absolute Gasteiger partial charge is 0.462 e. The first-order valence-electron chi connectivity index (χ1n) is 11.3. The Kier molecular flexibility index (Phi) is 6.38. The summed E-state index contributed by atoms with van der Waals surface area (Å²) in [5.74, 6) is -0.898. The van der Waals surface area contributed by atoms with E-state index in [0.29, 0.717) is 45.8 Å². The lowest BCUT2D eigenvalue weighted by atomic mass is 10.0. The molecule has 2 aromatic carbocycles. The highest BCUT2D eigenvalue weighted by molar-refractivity contribution is 7.89. The number of carbonyl (C=O) groups is 3. The Labute approximate surface area is 222 Å². The Morgan fingerprint density at radius 3 is 2.21 bits per heavy atom. The molecule has 202 valence electrons. The van der Waals surface area contributed by atoms with Crippen LogP contribution in [-0.2, 0) is 47.2 Å². The maximum Gasteiger partial charge on any atom is 0.339 e. The van der Waals surface area contributed by atoms with E-state index in [1.54, 1.807) is 12.1 Å². The van der Waals surface area contributed by atoms with Crippen molar-refractivity contribution in [3.63, 3.8) is 0 Å². The molecule has 3 aliphatic heterocycles. The molecule has 0 fully saturated rings. The summed E-state index contributed by atoms with van der Waals surface area (Å²) >= 11 is 0. The Hall–Kier alpha value is -4.31. The number of aromatic amines is 1. The van der Waals surface area contributed by atoms with Gasteiger partial charge >= 0.3 is 5.97 Å². The normalized spacial score (nSPS) is 16.9.